The minimum absolute atomic E-state index is 0.0896. The van der Waals surface area contributed by atoms with E-state index in [4.69, 9.17) is 0 Å². The highest BCUT2D eigenvalue weighted by atomic mass is 16.2. The van der Waals surface area contributed by atoms with E-state index in [0.717, 1.165) is 0 Å². The van der Waals surface area contributed by atoms with Crippen molar-refractivity contribution in [3.05, 3.63) is 0 Å². The van der Waals surface area contributed by atoms with Gasteiger partial charge in [0.15, 0.2) is 0 Å². The zero-order chi connectivity index (χ0) is 11.3. The van der Waals surface area contributed by atoms with Crippen LogP contribution in [0.2, 0.25) is 0 Å². The van der Waals surface area contributed by atoms with E-state index in [1.54, 1.807) is 0 Å². The van der Waals surface area contributed by atoms with E-state index in [9.17, 15) is 4.79 Å². The zero-order valence-electron chi connectivity index (χ0n) is 10.1. The van der Waals surface area contributed by atoms with Gasteiger partial charge in [0.05, 0.1) is 5.92 Å². The van der Waals surface area contributed by atoms with Gasteiger partial charge in [-0.15, -0.1) is 0 Å². The summed E-state index contributed by atoms with van der Waals surface area (Å²) in [5, 5.41) is 7.08. The number of carbonyl (C=O) groups is 1. The van der Waals surface area contributed by atoms with Gasteiger partial charge in [-0.2, -0.15) is 0 Å². The molecule has 16 heavy (non-hydrogen) atoms. The van der Waals surface area contributed by atoms with E-state index in [1.807, 2.05) is 6.92 Å². The Bertz CT molecular complexity index is 307. The highest BCUT2D eigenvalue weighted by Crippen LogP contribution is 2.32. The van der Waals surface area contributed by atoms with E-state index < -0.39 is 0 Å². The Morgan fingerprint density at radius 3 is 2.75 bits per heavy atom. The van der Waals surface area contributed by atoms with Crippen molar-refractivity contribution in [3.8, 4) is 0 Å². The summed E-state index contributed by atoms with van der Waals surface area (Å²) in [5.41, 5.74) is 0. The summed E-state index contributed by atoms with van der Waals surface area (Å²) in [5.74, 6) is 0.442. The Morgan fingerprint density at radius 1 is 1.19 bits per heavy atom. The van der Waals surface area contributed by atoms with Crippen molar-refractivity contribution in [1.82, 2.24) is 15.5 Å². The molecule has 1 aliphatic carbocycles. The van der Waals surface area contributed by atoms with E-state index >= 15 is 0 Å². The van der Waals surface area contributed by atoms with E-state index in [2.05, 4.69) is 22.5 Å². The molecule has 2 heterocycles. The number of amides is 1. The maximum atomic E-state index is 12.3. The number of rotatable bonds is 0. The quantitative estimate of drug-likeness (QED) is 0.633. The highest BCUT2D eigenvalue weighted by molar-refractivity contribution is 5.81. The second kappa shape index (κ2) is 3.70. The first-order chi connectivity index (χ1) is 7.68. The third kappa shape index (κ3) is 1.39. The molecule has 90 valence electrons. The van der Waals surface area contributed by atoms with E-state index in [0.29, 0.717) is 18.0 Å². The summed E-state index contributed by atoms with van der Waals surface area (Å²) in [6, 6.07) is 1.24. The van der Waals surface area contributed by atoms with Crippen molar-refractivity contribution < 1.29 is 4.79 Å². The number of hydrogen-bond donors (Lipinski definition) is 2. The molecule has 2 aliphatic heterocycles. The van der Waals surface area contributed by atoms with Gasteiger partial charge in [0.25, 0.3) is 0 Å². The first-order valence-electron chi connectivity index (χ1n) is 6.53. The van der Waals surface area contributed by atoms with Crippen LogP contribution in [0, 0.1) is 5.92 Å². The van der Waals surface area contributed by atoms with Crippen LogP contribution in [0.5, 0.6) is 0 Å². The molecule has 0 aromatic carbocycles. The number of nitrogens with one attached hydrogen (secondary N) is 2. The van der Waals surface area contributed by atoms with Gasteiger partial charge in [0.2, 0.25) is 5.91 Å². The van der Waals surface area contributed by atoms with Crippen molar-refractivity contribution in [1.29, 1.82) is 0 Å². The van der Waals surface area contributed by atoms with Crippen LogP contribution in [0.1, 0.15) is 39.5 Å². The van der Waals surface area contributed by atoms with Crippen LogP contribution in [0.4, 0.5) is 0 Å². The molecule has 1 saturated carbocycles. The second-order valence-corrected chi connectivity index (χ2v) is 5.52. The molecule has 5 atom stereocenters. The lowest BCUT2D eigenvalue weighted by Gasteiger charge is -2.41. The maximum absolute atomic E-state index is 12.3. The standard InChI is InChI=1S/C12H21N3O/c1-7-8(2)13-12-14-9-5-3-4-6-10(9)15(12)11(7)16/h7-10,12-14H,3-6H2,1-2H3. The van der Waals surface area contributed by atoms with Gasteiger partial charge < -0.3 is 4.90 Å². The fraction of sp³-hybridized carbons (Fsp3) is 0.917. The molecule has 2 N–H and O–H groups in total. The second-order valence-electron chi connectivity index (χ2n) is 5.52. The predicted octanol–water partition coefficient (Wildman–Crippen LogP) is 0.641. The van der Waals surface area contributed by atoms with Gasteiger partial charge in [0, 0.05) is 18.1 Å². The van der Waals surface area contributed by atoms with Crippen LogP contribution in [0.3, 0.4) is 0 Å². The van der Waals surface area contributed by atoms with Gasteiger partial charge in [-0.3, -0.25) is 15.4 Å². The van der Waals surface area contributed by atoms with Crippen molar-refractivity contribution in [2.45, 2.75) is 63.9 Å². The van der Waals surface area contributed by atoms with Gasteiger partial charge in [-0.05, 0) is 19.8 Å². The predicted molar refractivity (Wildman–Crippen MR) is 61.6 cm³/mol. The Morgan fingerprint density at radius 2 is 1.94 bits per heavy atom. The maximum Gasteiger partial charge on any atom is 0.229 e. The molecule has 3 fully saturated rings. The molecule has 1 amide bonds. The normalized spacial score (nSPS) is 47.8. The van der Waals surface area contributed by atoms with Crippen LogP contribution in [0.15, 0.2) is 0 Å². The molecule has 3 aliphatic rings. The Balaban J connectivity index is 1.85. The van der Waals surface area contributed by atoms with Crippen LogP contribution in [0.25, 0.3) is 0 Å². The molecule has 4 heteroatoms. The van der Waals surface area contributed by atoms with Crippen LogP contribution in [-0.4, -0.2) is 35.2 Å². The molecule has 2 saturated heterocycles. The Labute approximate surface area is 96.8 Å². The number of hydrogen-bond acceptors (Lipinski definition) is 3. The van der Waals surface area contributed by atoms with Crippen LogP contribution < -0.4 is 10.6 Å². The number of carbonyl (C=O) groups excluding carboxylic acids is 1. The number of nitrogens with zero attached hydrogens (tertiary/aromatic N) is 1. The molecule has 3 rings (SSSR count). The molecule has 4 nitrogen and oxygen atoms in total. The average Bonchev–Trinajstić information content (AvgIpc) is 2.64. The molecule has 0 aromatic heterocycles. The largest absolute Gasteiger partial charge is 0.309 e. The monoisotopic (exact) mass is 223 g/mol. The van der Waals surface area contributed by atoms with Crippen molar-refractivity contribution in [3.63, 3.8) is 0 Å². The SMILES string of the molecule is CC1NC2NC3CCCCC3N2C(=O)C1C. The zero-order valence-corrected chi connectivity index (χ0v) is 10.1. The summed E-state index contributed by atoms with van der Waals surface area (Å²) < 4.78 is 0. The van der Waals surface area contributed by atoms with E-state index in [-0.39, 0.29) is 18.2 Å². The average molecular weight is 223 g/mol. The summed E-state index contributed by atoms with van der Waals surface area (Å²) in [7, 11) is 0. The lowest BCUT2D eigenvalue weighted by molar-refractivity contribution is -0.144. The van der Waals surface area contributed by atoms with Crippen LogP contribution in [-0.2, 0) is 4.79 Å². The molecule has 5 unspecified atom stereocenters. The number of fused-ring (bicyclic) bond motifs is 3. The fourth-order valence-corrected chi connectivity index (χ4v) is 3.37. The molecule has 0 radical (unpaired) electrons. The lowest BCUT2D eigenvalue weighted by Crippen LogP contribution is -2.63. The highest BCUT2D eigenvalue weighted by Gasteiger charge is 2.48. The lowest BCUT2D eigenvalue weighted by atomic mass is 9.90. The Kier molecular flexibility index (Phi) is 2.44. The first-order valence-corrected chi connectivity index (χ1v) is 6.53. The van der Waals surface area contributed by atoms with Crippen LogP contribution >= 0.6 is 0 Å². The smallest absolute Gasteiger partial charge is 0.229 e. The molecular formula is C12H21N3O. The Hall–Kier alpha value is -0.610. The van der Waals surface area contributed by atoms with Crippen molar-refractivity contribution >= 4 is 5.91 Å². The minimum atomic E-state index is 0.0896. The van der Waals surface area contributed by atoms with E-state index in [1.165, 1.54) is 25.7 Å². The summed E-state index contributed by atoms with van der Waals surface area (Å²) >= 11 is 0. The van der Waals surface area contributed by atoms with Gasteiger partial charge in [-0.25, -0.2) is 0 Å². The third-order valence-electron chi connectivity index (χ3n) is 4.55. The first kappa shape index (κ1) is 10.5. The van der Waals surface area contributed by atoms with Crippen molar-refractivity contribution in [2.75, 3.05) is 0 Å². The van der Waals surface area contributed by atoms with Gasteiger partial charge in [0.1, 0.15) is 6.29 Å². The van der Waals surface area contributed by atoms with Crippen molar-refractivity contribution in [2.24, 2.45) is 5.92 Å². The minimum Gasteiger partial charge on any atom is -0.309 e. The molecular weight excluding hydrogens is 202 g/mol. The summed E-state index contributed by atoms with van der Waals surface area (Å²) in [4.78, 5) is 14.4. The molecule has 0 bridgehead atoms. The fourth-order valence-electron chi connectivity index (χ4n) is 3.37. The molecule has 0 aromatic rings. The van der Waals surface area contributed by atoms with Gasteiger partial charge in [-0.1, -0.05) is 19.8 Å². The summed E-state index contributed by atoms with van der Waals surface area (Å²) in [6.07, 6.45) is 5.04. The summed E-state index contributed by atoms with van der Waals surface area (Å²) in [6.45, 7) is 4.13. The molecule has 0 spiro atoms. The van der Waals surface area contributed by atoms with Gasteiger partial charge >= 0.3 is 0 Å². The topological polar surface area (TPSA) is 44.4 Å². The third-order valence-corrected chi connectivity index (χ3v) is 4.55.